The molecule has 1 aromatic carbocycles. The zero-order chi connectivity index (χ0) is 13.1. The number of halogens is 2. The van der Waals surface area contributed by atoms with Gasteiger partial charge in [-0.25, -0.2) is 0 Å². The van der Waals surface area contributed by atoms with Crippen LogP contribution in [0.3, 0.4) is 0 Å². The lowest BCUT2D eigenvalue weighted by Crippen LogP contribution is -2.06. The second-order valence-electron chi connectivity index (χ2n) is 3.62. The van der Waals surface area contributed by atoms with Crippen molar-refractivity contribution < 1.29 is 4.74 Å². The maximum atomic E-state index is 5.23. The largest absolute Gasteiger partial charge is 0.383 e. The van der Waals surface area contributed by atoms with Crippen LogP contribution in [0.4, 0.5) is 0 Å². The number of nitrogens with zero attached hydrogens (tertiary/aromatic N) is 2. The van der Waals surface area contributed by atoms with Crippen LogP contribution in [0.2, 0.25) is 0 Å². The number of hydrogen-bond acceptors (Lipinski definition) is 3. The lowest BCUT2D eigenvalue weighted by molar-refractivity contribution is 0.187. The first-order valence-electron chi connectivity index (χ1n) is 5.23. The monoisotopic (exact) mass is 439 g/mol. The van der Waals surface area contributed by atoms with E-state index in [0.717, 1.165) is 19.4 Å². The van der Waals surface area contributed by atoms with E-state index in [1.165, 1.54) is 0 Å². The standard InChI is InChI=1S/C11H11BrIN3OS/c1-17-5-4-16-10(14-15-11(16)18)8-6-7(13)2-3-9(8)12/h2-3,6H,4-5H2,1H3,(H,15,18). The van der Waals surface area contributed by atoms with Gasteiger partial charge in [0.1, 0.15) is 0 Å². The number of benzene rings is 1. The number of ether oxygens (including phenoxy) is 1. The molecule has 0 bridgehead atoms. The molecule has 0 spiro atoms. The van der Waals surface area contributed by atoms with E-state index in [1.807, 2.05) is 16.7 Å². The molecule has 0 amide bonds. The quantitative estimate of drug-likeness (QED) is 0.584. The van der Waals surface area contributed by atoms with Crippen LogP contribution in [0.25, 0.3) is 11.4 Å². The molecule has 2 rings (SSSR count). The Morgan fingerprint density at radius 1 is 1.56 bits per heavy atom. The third-order valence-corrected chi connectivity index (χ3v) is 4.12. The van der Waals surface area contributed by atoms with Crippen LogP contribution in [-0.4, -0.2) is 28.5 Å². The molecule has 0 saturated heterocycles. The van der Waals surface area contributed by atoms with Gasteiger partial charge in [-0.05, 0) is 53.0 Å². The molecule has 0 saturated carbocycles. The summed E-state index contributed by atoms with van der Waals surface area (Å²) >= 11 is 11.1. The van der Waals surface area contributed by atoms with Crippen molar-refractivity contribution in [3.05, 3.63) is 31.0 Å². The SMILES string of the molecule is COCCn1c(-c2cc(I)ccc2Br)n[nH]c1=S. The number of hydrogen-bond donors (Lipinski definition) is 1. The number of methoxy groups -OCH3 is 1. The molecule has 96 valence electrons. The molecule has 2 aromatic rings. The first kappa shape index (κ1) is 14.2. The van der Waals surface area contributed by atoms with Gasteiger partial charge in [0.2, 0.25) is 0 Å². The molecule has 1 N–H and O–H groups in total. The van der Waals surface area contributed by atoms with Crippen molar-refractivity contribution in [1.82, 2.24) is 14.8 Å². The topological polar surface area (TPSA) is 42.8 Å². The summed E-state index contributed by atoms with van der Waals surface area (Å²) < 4.78 is 9.78. The van der Waals surface area contributed by atoms with Crippen molar-refractivity contribution in [3.63, 3.8) is 0 Å². The molecule has 0 fully saturated rings. The van der Waals surface area contributed by atoms with Gasteiger partial charge < -0.3 is 4.74 Å². The van der Waals surface area contributed by atoms with Crippen molar-refractivity contribution in [2.24, 2.45) is 0 Å². The van der Waals surface area contributed by atoms with E-state index in [-0.39, 0.29) is 0 Å². The summed E-state index contributed by atoms with van der Waals surface area (Å²) in [6.45, 7) is 1.28. The van der Waals surface area contributed by atoms with Crippen molar-refractivity contribution in [3.8, 4) is 11.4 Å². The van der Waals surface area contributed by atoms with Crippen molar-refractivity contribution >= 4 is 50.7 Å². The number of rotatable bonds is 4. The Labute approximate surface area is 132 Å². The second-order valence-corrected chi connectivity index (χ2v) is 6.11. The third-order valence-electron chi connectivity index (χ3n) is 2.45. The van der Waals surface area contributed by atoms with E-state index in [4.69, 9.17) is 17.0 Å². The molecule has 0 radical (unpaired) electrons. The Bertz CT molecular complexity index is 611. The Balaban J connectivity index is 2.50. The van der Waals surface area contributed by atoms with Gasteiger partial charge in [0.05, 0.1) is 13.2 Å². The van der Waals surface area contributed by atoms with Crippen LogP contribution in [0.15, 0.2) is 22.7 Å². The predicted molar refractivity (Wildman–Crippen MR) is 85.1 cm³/mol. The molecule has 0 atom stereocenters. The Morgan fingerprint density at radius 2 is 2.33 bits per heavy atom. The van der Waals surface area contributed by atoms with E-state index >= 15 is 0 Å². The highest BCUT2D eigenvalue weighted by molar-refractivity contribution is 14.1. The van der Waals surface area contributed by atoms with Gasteiger partial charge in [0.25, 0.3) is 0 Å². The molecule has 18 heavy (non-hydrogen) atoms. The highest BCUT2D eigenvalue weighted by Crippen LogP contribution is 2.28. The average Bonchev–Trinajstić information content (AvgIpc) is 2.71. The van der Waals surface area contributed by atoms with Gasteiger partial charge in [-0.1, -0.05) is 15.9 Å². The zero-order valence-electron chi connectivity index (χ0n) is 9.61. The van der Waals surface area contributed by atoms with Gasteiger partial charge in [-0.3, -0.25) is 9.67 Å². The second kappa shape index (κ2) is 6.27. The highest BCUT2D eigenvalue weighted by atomic mass is 127. The predicted octanol–water partition coefficient (Wildman–Crippen LogP) is 3.62. The molecule has 0 aliphatic rings. The normalized spacial score (nSPS) is 10.8. The lowest BCUT2D eigenvalue weighted by atomic mass is 10.2. The van der Waals surface area contributed by atoms with Crippen molar-refractivity contribution in [2.75, 3.05) is 13.7 Å². The molecule has 1 heterocycles. The van der Waals surface area contributed by atoms with E-state index in [9.17, 15) is 0 Å². The fourth-order valence-electron chi connectivity index (χ4n) is 1.58. The van der Waals surface area contributed by atoms with Crippen LogP contribution in [-0.2, 0) is 11.3 Å². The maximum Gasteiger partial charge on any atom is 0.195 e. The van der Waals surface area contributed by atoms with E-state index in [0.29, 0.717) is 17.9 Å². The van der Waals surface area contributed by atoms with E-state index < -0.39 is 0 Å². The van der Waals surface area contributed by atoms with Crippen LogP contribution >= 0.6 is 50.7 Å². The molecule has 0 unspecified atom stereocenters. The summed E-state index contributed by atoms with van der Waals surface area (Å²) in [4.78, 5) is 0. The Morgan fingerprint density at radius 3 is 3.06 bits per heavy atom. The third kappa shape index (κ3) is 3.01. The molecule has 7 heteroatoms. The van der Waals surface area contributed by atoms with Gasteiger partial charge in [-0.15, -0.1) is 0 Å². The van der Waals surface area contributed by atoms with E-state index in [2.05, 4.69) is 54.8 Å². The number of aromatic nitrogens is 3. The summed E-state index contributed by atoms with van der Waals surface area (Å²) in [6, 6.07) is 6.11. The zero-order valence-corrected chi connectivity index (χ0v) is 14.2. The summed E-state index contributed by atoms with van der Waals surface area (Å²) in [7, 11) is 1.67. The molecular formula is C11H11BrIN3OS. The van der Waals surface area contributed by atoms with E-state index in [1.54, 1.807) is 7.11 Å². The van der Waals surface area contributed by atoms with Gasteiger partial charge in [0, 0.05) is 20.7 Å². The summed E-state index contributed by atoms with van der Waals surface area (Å²) in [6.07, 6.45) is 0. The van der Waals surface area contributed by atoms with Gasteiger partial charge >= 0.3 is 0 Å². The van der Waals surface area contributed by atoms with Crippen LogP contribution in [0.5, 0.6) is 0 Å². The highest BCUT2D eigenvalue weighted by Gasteiger charge is 2.12. The van der Waals surface area contributed by atoms with Gasteiger partial charge in [0.15, 0.2) is 10.6 Å². The molecular weight excluding hydrogens is 429 g/mol. The molecule has 4 nitrogen and oxygen atoms in total. The van der Waals surface area contributed by atoms with Crippen LogP contribution in [0, 0.1) is 8.34 Å². The summed E-state index contributed by atoms with van der Waals surface area (Å²) in [5, 5.41) is 7.13. The maximum absolute atomic E-state index is 5.23. The molecule has 1 aromatic heterocycles. The Hall–Kier alpha value is -0.250. The number of H-pyrrole nitrogens is 1. The Kier molecular flexibility index (Phi) is 4.93. The molecule has 0 aliphatic carbocycles. The minimum absolute atomic E-state index is 0.600. The summed E-state index contributed by atoms with van der Waals surface area (Å²) in [5.41, 5.74) is 1.02. The lowest BCUT2D eigenvalue weighted by Gasteiger charge is -2.08. The number of nitrogens with one attached hydrogen (secondary N) is 1. The van der Waals surface area contributed by atoms with Crippen LogP contribution in [0.1, 0.15) is 0 Å². The van der Waals surface area contributed by atoms with Gasteiger partial charge in [-0.2, -0.15) is 5.10 Å². The first-order chi connectivity index (χ1) is 8.63. The van der Waals surface area contributed by atoms with Crippen molar-refractivity contribution in [2.45, 2.75) is 6.54 Å². The van der Waals surface area contributed by atoms with Crippen LogP contribution < -0.4 is 0 Å². The minimum Gasteiger partial charge on any atom is -0.383 e. The average molecular weight is 440 g/mol. The first-order valence-corrected chi connectivity index (χ1v) is 7.51. The minimum atomic E-state index is 0.600. The smallest absolute Gasteiger partial charge is 0.195 e. The summed E-state index contributed by atoms with van der Waals surface area (Å²) in [5.74, 6) is 0.822. The fourth-order valence-corrected chi connectivity index (χ4v) is 2.72. The molecule has 0 aliphatic heterocycles. The fraction of sp³-hybridized carbons (Fsp3) is 0.273. The number of aromatic amines is 1. The van der Waals surface area contributed by atoms with Crippen molar-refractivity contribution in [1.29, 1.82) is 0 Å².